The maximum absolute atomic E-state index is 12.4. The van der Waals surface area contributed by atoms with Crippen molar-refractivity contribution in [3.05, 3.63) is 204 Å². The number of nitrogens with one attached hydrogen (secondary N) is 1. The van der Waals surface area contributed by atoms with Crippen molar-refractivity contribution in [3.63, 3.8) is 0 Å². The fourth-order valence-corrected chi connectivity index (χ4v) is 7.64. The predicted molar refractivity (Wildman–Crippen MR) is 213 cm³/mol. The third-order valence-electron chi connectivity index (χ3n) is 7.75. The normalized spacial score (nSPS) is 10.7. The Morgan fingerprint density at radius 3 is 1.28 bits per heavy atom. The SMILES string of the molecule is C/C(=C/C(=O)c1ccccc1)Nc1c(C(C)C)cccc1C(C)C.[Ni].[c-]1ccccc1.c1ccc(P(c2ccccc2)c2ccccc2)cc1. The van der Waals surface area contributed by atoms with Gasteiger partial charge in [-0.15, -0.1) is 0 Å². The minimum Gasteiger partial charge on any atom is -0.359 e. The van der Waals surface area contributed by atoms with Gasteiger partial charge in [0.15, 0.2) is 5.78 Å². The zero-order valence-corrected chi connectivity index (χ0v) is 31.5. The molecule has 0 aliphatic carbocycles. The van der Waals surface area contributed by atoms with Crippen LogP contribution in [0.4, 0.5) is 5.69 Å². The molecule has 50 heavy (non-hydrogen) atoms. The van der Waals surface area contributed by atoms with Crippen molar-refractivity contribution in [2.45, 2.75) is 46.5 Å². The van der Waals surface area contributed by atoms with Crippen LogP contribution in [0.3, 0.4) is 0 Å². The summed E-state index contributed by atoms with van der Waals surface area (Å²) in [4.78, 5) is 12.4. The molecule has 2 nitrogen and oxygen atoms in total. The Balaban J connectivity index is 0.000000231. The average Bonchev–Trinajstić information content (AvgIpc) is 3.14. The summed E-state index contributed by atoms with van der Waals surface area (Å²) < 4.78 is 0. The number of hydrogen-bond donors (Lipinski definition) is 1. The summed E-state index contributed by atoms with van der Waals surface area (Å²) in [6.45, 7) is 10.7. The molecule has 0 unspecified atom stereocenters. The summed E-state index contributed by atoms with van der Waals surface area (Å²) in [5.74, 6) is 0.862. The van der Waals surface area contributed by atoms with Crippen molar-refractivity contribution >= 4 is 35.3 Å². The molecule has 0 radical (unpaired) electrons. The molecule has 4 heteroatoms. The molecule has 6 rings (SSSR count). The number of carbonyl (C=O) groups excluding carboxylic acids is 1. The van der Waals surface area contributed by atoms with Gasteiger partial charge >= 0.3 is 0 Å². The Hall–Kier alpha value is -4.55. The van der Waals surface area contributed by atoms with Gasteiger partial charge in [-0.25, -0.2) is 0 Å². The zero-order chi connectivity index (χ0) is 34.8. The van der Waals surface area contributed by atoms with Crippen LogP contribution >= 0.6 is 7.92 Å². The quantitative estimate of drug-likeness (QED) is 0.0530. The Morgan fingerprint density at radius 2 is 0.940 bits per heavy atom. The second-order valence-electron chi connectivity index (χ2n) is 12.2. The van der Waals surface area contributed by atoms with Crippen molar-refractivity contribution in [2.24, 2.45) is 0 Å². The molecule has 0 fully saturated rings. The summed E-state index contributed by atoms with van der Waals surface area (Å²) in [6.07, 6.45) is 1.68. The van der Waals surface area contributed by atoms with E-state index in [4.69, 9.17) is 0 Å². The fourth-order valence-electron chi connectivity index (χ4n) is 5.33. The van der Waals surface area contributed by atoms with Gasteiger partial charge < -0.3 is 5.32 Å². The monoisotopic (exact) mass is 718 g/mol. The maximum Gasteiger partial charge on any atom is 0.187 e. The van der Waals surface area contributed by atoms with Crippen LogP contribution < -0.4 is 21.2 Å². The first kappa shape index (κ1) is 39.9. The first-order chi connectivity index (χ1) is 23.8. The Bertz CT molecular complexity index is 1700. The Kier molecular flexibility index (Phi) is 17.2. The van der Waals surface area contributed by atoms with Crippen LogP contribution in [0.15, 0.2) is 182 Å². The summed E-state index contributed by atoms with van der Waals surface area (Å²) >= 11 is 0. The van der Waals surface area contributed by atoms with Crippen LogP contribution in [0.2, 0.25) is 0 Å². The van der Waals surface area contributed by atoms with E-state index in [0.29, 0.717) is 17.4 Å². The number of ketones is 1. The van der Waals surface area contributed by atoms with Crippen LogP contribution in [0.1, 0.15) is 67.9 Å². The Labute approximate surface area is 311 Å². The molecule has 0 bridgehead atoms. The van der Waals surface area contributed by atoms with E-state index in [9.17, 15) is 4.79 Å². The summed E-state index contributed by atoms with van der Waals surface area (Å²) in [6, 6.07) is 60.6. The standard InChI is InChI=1S/C22H27NO.C18H15P.C6H5.Ni/c1-15(2)19-12-9-13-20(16(3)4)22(19)23-17(5)14-21(24)18-10-7-6-8-11-18;1-4-10-16(11-5-1)19(17-12-6-2-7-13-17)18-14-8-3-9-15-18;1-2-4-6-5-3-1;/h6-16,23H,1-5H3;1-15H;1-5H;/q;;-1;/b17-14-;;;. The van der Waals surface area contributed by atoms with Crippen molar-refractivity contribution in [2.75, 3.05) is 5.32 Å². The number of benzene rings is 6. The zero-order valence-electron chi connectivity index (χ0n) is 29.6. The second kappa shape index (κ2) is 21.5. The van der Waals surface area contributed by atoms with Gasteiger partial charge in [0.1, 0.15) is 0 Å². The smallest absolute Gasteiger partial charge is 0.187 e. The average molecular weight is 720 g/mol. The van der Waals surface area contributed by atoms with E-state index in [2.05, 4.69) is 148 Å². The number of allylic oxidation sites excluding steroid dienone is 2. The maximum atomic E-state index is 12.4. The molecule has 258 valence electrons. The van der Waals surface area contributed by atoms with Gasteiger partial charge in [-0.3, -0.25) is 4.79 Å². The van der Waals surface area contributed by atoms with Gasteiger partial charge in [0, 0.05) is 39.5 Å². The molecular formula is C46H47NNiOP-. The van der Waals surface area contributed by atoms with E-state index in [-0.39, 0.29) is 22.3 Å². The van der Waals surface area contributed by atoms with Crippen molar-refractivity contribution in [1.82, 2.24) is 0 Å². The molecule has 0 heterocycles. The van der Waals surface area contributed by atoms with Gasteiger partial charge in [0.25, 0.3) is 0 Å². The first-order valence-electron chi connectivity index (χ1n) is 16.9. The minimum absolute atomic E-state index is 0. The molecule has 0 aliphatic heterocycles. The summed E-state index contributed by atoms with van der Waals surface area (Å²) in [7, 11) is -0.446. The number of hydrogen-bond acceptors (Lipinski definition) is 2. The van der Waals surface area contributed by atoms with E-state index in [1.807, 2.05) is 67.6 Å². The van der Waals surface area contributed by atoms with Gasteiger partial charge in [-0.1, -0.05) is 167 Å². The number of rotatable bonds is 9. The molecule has 6 aromatic rings. The molecule has 0 saturated heterocycles. The summed E-state index contributed by atoms with van der Waals surface area (Å²) in [5, 5.41) is 7.68. The summed E-state index contributed by atoms with van der Waals surface area (Å²) in [5.41, 5.74) is 5.26. The molecule has 0 saturated carbocycles. The van der Waals surface area contributed by atoms with E-state index in [0.717, 1.165) is 11.4 Å². The van der Waals surface area contributed by atoms with E-state index in [1.54, 1.807) is 6.08 Å². The van der Waals surface area contributed by atoms with Gasteiger partial charge in [-0.05, 0) is 53.7 Å². The van der Waals surface area contributed by atoms with Crippen LogP contribution in [0.25, 0.3) is 0 Å². The van der Waals surface area contributed by atoms with Crippen molar-refractivity contribution in [1.29, 1.82) is 0 Å². The van der Waals surface area contributed by atoms with E-state index < -0.39 is 7.92 Å². The van der Waals surface area contributed by atoms with Crippen molar-refractivity contribution in [3.8, 4) is 0 Å². The van der Waals surface area contributed by atoms with Crippen LogP contribution in [0.5, 0.6) is 0 Å². The Morgan fingerprint density at radius 1 is 0.560 bits per heavy atom. The molecule has 0 aromatic heterocycles. The fraction of sp³-hybridized carbons (Fsp3) is 0.152. The number of para-hydroxylation sites is 1. The molecule has 0 amide bonds. The predicted octanol–water partition coefficient (Wildman–Crippen LogP) is 11.1. The molecular weight excluding hydrogens is 672 g/mol. The van der Waals surface area contributed by atoms with Gasteiger partial charge in [-0.2, -0.15) is 36.4 Å². The third kappa shape index (κ3) is 12.4. The van der Waals surface area contributed by atoms with E-state index >= 15 is 0 Å². The molecule has 0 spiro atoms. The van der Waals surface area contributed by atoms with E-state index in [1.165, 1.54) is 27.0 Å². The van der Waals surface area contributed by atoms with Crippen LogP contribution in [0, 0.1) is 6.07 Å². The number of carbonyl (C=O) groups is 1. The molecule has 0 aliphatic rings. The third-order valence-corrected chi connectivity index (χ3v) is 10.2. The first-order valence-corrected chi connectivity index (χ1v) is 18.2. The minimum atomic E-state index is -0.446. The van der Waals surface area contributed by atoms with Gasteiger partial charge in [0.05, 0.1) is 0 Å². The molecule has 6 aromatic carbocycles. The molecule has 1 N–H and O–H groups in total. The van der Waals surface area contributed by atoms with Crippen molar-refractivity contribution < 1.29 is 21.3 Å². The van der Waals surface area contributed by atoms with Crippen LogP contribution in [-0.2, 0) is 16.5 Å². The topological polar surface area (TPSA) is 29.1 Å². The second-order valence-corrected chi connectivity index (χ2v) is 14.4. The van der Waals surface area contributed by atoms with Gasteiger partial charge in [0.2, 0.25) is 0 Å². The van der Waals surface area contributed by atoms with Crippen LogP contribution in [-0.4, -0.2) is 5.78 Å². The largest absolute Gasteiger partial charge is 0.359 e. The number of anilines is 1. The molecule has 0 atom stereocenters.